The van der Waals surface area contributed by atoms with E-state index in [1.54, 1.807) is 24.3 Å². The summed E-state index contributed by atoms with van der Waals surface area (Å²) in [5.74, 6) is 1.01. The number of amides is 2. The fraction of sp³-hybridized carbons (Fsp3) is 0.474. The minimum Gasteiger partial charge on any atom is -0.307 e. The third kappa shape index (κ3) is 6.09. The molecule has 1 heterocycles. The molecular weight excluding hydrogens is 364 g/mol. The lowest BCUT2D eigenvalue weighted by atomic mass is 9.86. The number of nitrogens with one attached hydrogen (secondary N) is 3. The molecule has 3 N–H and O–H groups in total. The van der Waals surface area contributed by atoms with Gasteiger partial charge in [0, 0.05) is 23.7 Å². The van der Waals surface area contributed by atoms with Crippen LogP contribution in [0.5, 0.6) is 0 Å². The van der Waals surface area contributed by atoms with Gasteiger partial charge in [0.1, 0.15) is 0 Å². The van der Waals surface area contributed by atoms with E-state index in [4.69, 9.17) is 0 Å². The smallest absolute Gasteiger partial charge is 0.307 e. The summed E-state index contributed by atoms with van der Waals surface area (Å²) in [4.78, 5) is 12.3. The first-order valence-corrected chi connectivity index (χ1v) is 11.3. The van der Waals surface area contributed by atoms with Crippen molar-refractivity contribution in [1.82, 2.24) is 10.2 Å². The predicted octanol–water partition coefficient (Wildman–Crippen LogP) is 3.72. The van der Waals surface area contributed by atoms with Crippen LogP contribution in [0, 0.1) is 5.92 Å². The van der Waals surface area contributed by atoms with Gasteiger partial charge in [-0.2, -0.15) is 5.10 Å². The van der Waals surface area contributed by atoms with Crippen LogP contribution in [0.15, 0.2) is 30.3 Å². The fourth-order valence-electron chi connectivity index (χ4n) is 3.55. The maximum Gasteiger partial charge on any atom is 0.324 e. The summed E-state index contributed by atoms with van der Waals surface area (Å²) in [5.41, 5.74) is 2.04. The van der Waals surface area contributed by atoms with Crippen LogP contribution < -0.4 is 10.6 Å². The Hall–Kier alpha value is -2.35. The van der Waals surface area contributed by atoms with E-state index in [1.165, 1.54) is 38.4 Å². The fourth-order valence-corrected chi connectivity index (χ4v) is 4.37. The van der Waals surface area contributed by atoms with Gasteiger partial charge >= 0.3 is 6.03 Å². The third-order valence-corrected chi connectivity index (χ3v) is 5.62. The summed E-state index contributed by atoms with van der Waals surface area (Å²) in [7, 11) is -3.19. The van der Waals surface area contributed by atoms with Crippen LogP contribution >= 0.6 is 0 Å². The molecule has 0 spiro atoms. The second-order valence-electron chi connectivity index (χ2n) is 7.29. The number of hydrogen-bond donors (Lipinski definition) is 3. The van der Waals surface area contributed by atoms with Crippen molar-refractivity contribution >= 4 is 27.4 Å². The molecular formula is C19H26N4O3S. The number of carbonyl (C=O) groups is 1. The Morgan fingerprint density at radius 1 is 1.19 bits per heavy atom. The van der Waals surface area contributed by atoms with Crippen molar-refractivity contribution in [2.75, 3.05) is 16.9 Å². The number of anilines is 2. The van der Waals surface area contributed by atoms with E-state index in [9.17, 15) is 13.2 Å². The van der Waals surface area contributed by atoms with Crippen molar-refractivity contribution in [1.29, 1.82) is 0 Å². The summed E-state index contributed by atoms with van der Waals surface area (Å²) in [6.07, 6.45) is 8.53. The van der Waals surface area contributed by atoms with Crippen molar-refractivity contribution in [3.8, 4) is 0 Å². The van der Waals surface area contributed by atoms with E-state index in [0.29, 0.717) is 23.0 Å². The molecule has 2 aromatic rings. The highest BCUT2D eigenvalue weighted by Crippen LogP contribution is 2.26. The quantitative estimate of drug-likeness (QED) is 0.699. The van der Waals surface area contributed by atoms with Crippen LogP contribution in [0.3, 0.4) is 0 Å². The van der Waals surface area contributed by atoms with Crippen LogP contribution in [0.1, 0.15) is 43.4 Å². The number of nitrogens with zero attached hydrogens (tertiary/aromatic N) is 1. The number of para-hydroxylation sites is 1. The molecule has 1 aromatic carbocycles. The average molecular weight is 391 g/mol. The first-order valence-electron chi connectivity index (χ1n) is 9.27. The van der Waals surface area contributed by atoms with E-state index in [1.807, 2.05) is 6.07 Å². The molecule has 1 saturated carbocycles. The zero-order valence-electron chi connectivity index (χ0n) is 15.5. The molecule has 0 saturated heterocycles. The highest BCUT2D eigenvalue weighted by molar-refractivity contribution is 7.89. The first kappa shape index (κ1) is 19.4. The molecule has 2 amide bonds. The maximum atomic E-state index is 12.3. The Balaban J connectivity index is 1.58. The van der Waals surface area contributed by atoms with E-state index in [0.717, 1.165) is 12.1 Å². The van der Waals surface area contributed by atoms with Crippen molar-refractivity contribution < 1.29 is 13.2 Å². The Morgan fingerprint density at radius 3 is 2.67 bits per heavy atom. The lowest BCUT2D eigenvalue weighted by Gasteiger charge is -2.20. The van der Waals surface area contributed by atoms with Gasteiger partial charge < -0.3 is 5.32 Å². The van der Waals surface area contributed by atoms with Gasteiger partial charge in [-0.15, -0.1) is 0 Å². The predicted molar refractivity (Wildman–Crippen MR) is 106 cm³/mol. The van der Waals surface area contributed by atoms with E-state index >= 15 is 0 Å². The summed E-state index contributed by atoms with van der Waals surface area (Å²) >= 11 is 0. The van der Waals surface area contributed by atoms with Crippen LogP contribution in [-0.2, 0) is 22.0 Å². The number of H-pyrrole nitrogens is 1. The zero-order chi connectivity index (χ0) is 19.3. The second kappa shape index (κ2) is 8.56. The first-order chi connectivity index (χ1) is 12.9. The van der Waals surface area contributed by atoms with Crippen LogP contribution in [-0.4, -0.2) is 30.9 Å². The highest BCUT2D eigenvalue weighted by atomic mass is 32.2. The number of rotatable bonds is 6. The zero-order valence-corrected chi connectivity index (χ0v) is 16.3. The Labute approximate surface area is 159 Å². The van der Waals surface area contributed by atoms with Crippen LogP contribution in [0.2, 0.25) is 0 Å². The lowest BCUT2D eigenvalue weighted by Crippen LogP contribution is -2.20. The Bertz CT molecular complexity index is 886. The van der Waals surface area contributed by atoms with Gasteiger partial charge in [-0.1, -0.05) is 50.3 Å². The molecule has 0 aliphatic heterocycles. The van der Waals surface area contributed by atoms with Gasteiger partial charge in [0.15, 0.2) is 15.7 Å². The van der Waals surface area contributed by atoms with Crippen molar-refractivity contribution in [2.24, 2.45) is 5.92 Å². The molecule has 146 valence electrons. The molecule has 0 unspecified atom stereocenters. The minimum absolute atomic E-state index is 0.128. The molecule has 7 nitrogen and oxygen atoms in total. The van der Waals surface area contributed by atoms with Crippen LogP contribution in [0.4, 0.5) is 16.3 Å². The van der Waals surface area contributed by atoms with Crippen LogP contribution in [0.25, 0.3) is 0 Å². The molecule has 0 radical (unpaired) electrons. The SMILES string of the molecule is CS(=O)(=O)Cc1ccccc1NC(=O)Nc1cc(CC2CCCCC2)[nH]n1. The molecule has 1 aromatic heterocycles. The topological polar surface area (TPSA) is 104 Å². The number of aromatic nitrogens is 2. The molecule has 1 aliphatic carbocycles. The number of sulfone groups is 1. The monoisotopic (exact) mass is 390 g/mol. The highest BCUT2D eigenvalue weighted by Gasteiger charge is 2.16. The van der Waals surface area contributed by atoms with Gasteiger partial charge in [-0.25, -0.2) is 13.2 Å². The lowest BCUT2D eigenvalue weighted by molar-refractivity contribution is 0.262. The van der Waals surface area contributed by atoms with E-state index < -0.39 is 15.9 Å². The Kier molecular flexibility index (Phi) is 6.15. The number of carbonyl (C=O) groups excluding carboxylic acids is 1. The van der Waals surface area contributed by atoms with Crippen molar-refractivity contribution in [3.05, 3.63) is 41.6 Å². The standard InChI is InChI=1S/C19H26N4O3S/c1-27(25,26)13-15-9-5-6-10-17(15)20-19(24)21-18-12-16(22-23-18)11-14-7-3-2-4-8-14/h5-6,9-10,12,14H,2-4,7-8,11,13H2,1H3,(H3,20,21,22,23,24). The third-order valence-electron chi connectivity index (χ3n) is 4.79. The summed E-state index contributed by atoms with van der Waals surface area (Å²) in [6.45, 7) is 0. The molecule has 1 aliphatic rings. The van der Waals surface area contributed by atoms with E-state index in [-0.39, 0.29) is 5.75 Å². The maximum absolute atomic E-state index is 12.3. The van der Waals surface area contributed by atoms with Crippen molar-refractivity contribution in [2.45, 2.75) is 44.3 Å². The summed E-state index contributed by atoms with van der Waals surface area (Å²) < 4.78 is 23.1. The number of hydrogen-bond acceptors (Lipinski definition) is 4. The van der Waals surface area contributed by atoms with E-state index in [2.05, 4.69) is 20.8 Å². The molecule has 0 bridgehead atoms. The molecule has 0 atom stereocenters. The largest absolute Gasteiger partial charge is 0.324 e. The molecule has 27 heavy (non-hydrogen) atoms. The Morgan fingerprint density at radius 2 is 1.93 bits per heavy atom. The number of benzene rings is 1. The summed E-state index contributed by atoms with van der Waals surface area (Å²) in [5, 5.41) is 12.5. The summed E-state index contributed by atoms with van der Waals surface area (Å²) in [6, 6.07) is 8.27. The number of aromatic amines is 1. The average Bonchev–Trinajstić information content (AvgIpc) is 3.03. The minimum atomic E-state index is -3.19. The van der Waals surface area contributed by atoms with Gasteiger partial charge in [0.25, 0.3) is 0 Å². The van der Waals surface area contributed by atoms with Crippen molar-refractivity contribution in [3.63, 3.8) is 0 Å². The second-order valence-corrected chi connectivity index (χ2v) is 9.43. The van der Waals surface area contributed by atoms with Gasteiger partial charge in [-0.3, -0.25) is 10.4 Å². The normalized spacial score (nSPS) is 15.4. The molecule has 8 heteroatoms. The molecule has 1 fully saturated rings. The van der Waals surface area contributed by atoms with Gasteiger partial charge in [0.05, 0.1) is 5.75 Å². The number of urea groups is 1. The molecule has 3 rings (SSSR count). The van der Waals surface area contributed by atoms with Gasteiger partial charge in [0.2, 0.25) is 0 Å². The van der Waals surface area contributed by atoms with Gasteiger partial charge in [-0.05, 0) is 24.0 Å².